The lowest BCUT2D eigenvalue weighted by molar-refractivity contribution is -0.122. The Hall–Kier alpha value is -4.01. The maximum Gasteiger partial charge on any atom is 0.335 e. The van der Waals surface area contributed by atoms with Crippen molar-refractivity contribution in [3.8, 4) is 11.5 Å². The predicted molar refractivity (Wildman–Crippen MR) is 163 cm³/mol. The number of imide groups is 2. The van der Waals surface area contributed by atoms with E-state index in [-0.39, 0.29) is 24.5 Å². The molecule has 42 heavy (non-hydrogen) atoms. The molecular formula is C31H20Cl4N2O5. The summed E-state index contributed by atoms with van der Waals surface area (Å²) in [5, 5.41) is 4.09. The molecule has 0 spiro atoms. The predicted octanol–water partition coefficient (Wildman–Crippen LogP) is 8.12. The van der Waals surface area contributed by atoms with Gasteiger partial charge in [0.25, 0.3) is 11.8 Å². The Balaban J connectivity index is 1.36. The zero-order valence-corrected chi connectivity index (χ0v) is 24.6. The summed E-state index contributed by atoms with van der Waals surface area (Å²) in [6.45, 7) is 0.321. The second-order valence-electron chi connectivity index (χ2n) is 9.04. The highest BCUT2D eigenvalue weighted by molar-refractivity contribution is 6.39. The van der Waals surface area contributed by atoms with Crippen molar-refractivity contribution in [2.24, 2.45) is 0 Å². The van der Waals surface area contributed by atoms with Crippen LogP contribution in [0.4, 0.5) is 10.5 Å². The Morgan fingerprint density at radius 3 is 2.12 bits per heavy atom. The van der Waals surface area contributed by atoms with Crippen LogP contribution < -0.4 is 19.7 Å². The van der Waals surface area contributed by atoms with Gasteiger partial charge in [-0.25, -0.2) is 9.69 Å². The first kappa shape index (κ1) is 29.5. The van der Waals surface area contributed by atoms with Gasteiger partial charge in [0.2, 0.25) is 0 Å². The smallest absolute Gasteiger partial charge is 0.335 e. The van der Waals surface area contributed by atoms with Crippen LogP contribution in [0.15, 0.2) is 90.5 Å². The van der Waals surface area contributed by atoms with Crippen LogP contribution in [0.5, 0.6) is 11.5 Å². The normalized spacial score (nSPS) is 14.2. The summed E-state index contributed by atoms with van der Waals surface area (Å²) in [6.07, 6.45) is 1.33. The minimum Gasteiger partial charge on any atom is -0.489 e. The molecule has 4 aromatic rings. The summed E-state index contributed by atoms with van der Waals surface area (Å²) in [6, 6.07) is 22.4. The molecule has 0 atom stereocenters. The van der Waals surface area contributed by atoms with Crippen LogP contribution in [0.3, 0.4) is 0 Å². The monoisotopic (exact) mass is 640 g/mol. The third-order valence-electron chi connectivity index (χ3n) is 6.22. The molecule has 1 aliphatic heterocycles. The van der Waals surface area contributed by atoms with Crippen LogP contribution in [0.1, 0.15) is 16.7 Å². The number of anilines is 1. The number of amides is 4. The molecule has 4 amide bonds. The van der Waals surface area contributed by atoms with Crippen molar-refractivity contribution in [2.75, 3.05) is 4.90 Å². The van der Waals surface area contributed by atoms with Crippen molar-refractivity contribution in [3.63, 3.8) is 0 Å². The molecule has 0 aromatic heterocycles. The Kier molecular flexibility index (Phi) is 9.04. The summed E-state index contributed by atoms with van der Waals surface area (Å²) in [4.78, 5) is 39.8. The molecule has 1 aliphatic rings. The molecule has 1 N–H and O–H groups in total. The van der Waals surface area contributed by atoms with Gasteiger partial charge in [-0.15, -0.1) is 0 Å². The van der Waals surface area contributed by atoms with Crippen molar-refractivity contribution in [1.29, 1.82) is 0 Å². The molecule has 4 aromatic carbocycles. The van der Waals surface area contributed by atoms with Crippen molar-refractivity contribution < 1.29 is 23.9 Å². The molecule has 0 radical (unpaired) electrons. The second kappa shape index (κ2) is 12.9. The van der Waals surface area contributed by atoms with E-state index in [4.69, 9.17) is 55.9 Å². The summed E-state index contributed by atoms with van der Waals surface area (Å²) >= 11 is 24.6. The first-order valence-corrected chi connectivity index (χ1v) is 13.9. The topological polar surface area (TPSA) is 84.9 Å². The van der Waals surface area contributed by atoms with Crippen molar-refractivity contribution in [1.82, 2.24) is 5.32 Å². The standard InChI is InChI=1S/C31H20Cl4N2O5/c32-21-7-12-28(42-17-18-3-1-2-4-26(18)34)20(13-21)14-25-29(38)36-31(40)37(30(25)39)23-8-10-24(11-9-23)41-16-19-5-6-22(33)15-27(19)35/h1-15H,16-17H2,(H,36,38,40)/b25-14+. The Bertz CT molecular complexity index is 1720. The fourth-order valence-electron chi connectivity index (χ4n) is 4.07. The number of nitrogens with zero attached hydrogens (tertiary/aromatic N) is 1. The maximum absolute atomic E-state index is 13.5. The van der Waals surface area contributed by atoms with Crippen LogP contribution in [-0.4, -0.2) is 17.8 Å². The highest BCUT2D eigenvalue weighted by Gasteiger charge is 2.37. The molecule has 11 heteroatoms. The number of nitrogens with one attached hydrogen (secondary N) is 1. The van der Waals surface area contributed by atoms with Gasteiger partial charge in [-0.3, -0.25) is 14.9 Å². The third kappa shape index (κ3) is 6.72. The van der Waals surface area contributed by atoms with Gasteiger partial charge in [-0.1, -0.05) is 70.7 Å². The zero-order chi connectivity index (χ0) is 29.8. The fourth-order valence-corrected chi connectivity index (χ4v) is 4.91. The molecule has 5 rings (SSSR count). The van der Waals surface area contributed by atoms with E-state index in [1.165, 1.54) is 18.2 Å². The Morgan fingerprint density at radius 2 is 1.38 bits per heavy atom. The first-order valence-electron chi connectivity index (χ1n) is 12.4. The van der Waals surface area contributed by atoms with Crippen LogP contribution in [0.25, 0.3) is 6.08 Å². The number of carbonyl (C=O) groups excluding carboxylic acids is 3. The van der Waals surface area contributed by atoms with E-state index in [1.54, 1.807) is 54.6 Å². The van der Waals surface area contributed by atoms with E-state index >= 15 is 0 Å². The van der Waals surface area contributed by atoms with Gasteiger partial charge >= 0.3 is 6.03 Å². The van der Waals surface area contributed by atoms with E-state index in [1.807, 2.05) is 18.2 Å². The van der Waals surface area contributed by atoms with Crippen molar-refractivity contribution in [3.05, 3.63) is 127 Å². The molecule has 1 fully saturated rings. The molecule has 0 unspecified atom stereocenters. The summed E-state index contributed by atoms with van der Waals surface area (Å²) in [5.74, 6) is -0.834. The van der Waals surface area contributed by atoms with Gasteiger partial charge in [0.1, 0.15) is 30.3 Å². The fraction of sp³-hybridized carbons (Fsp3) is 0.0645. The van der Waals surface area contributed by atoms with Crippen LogP contribution in [-0.2, 0) is 22.8 Å². The van der Waals surface area contributed by atoms with E-state index in [9.17, 15) is 14.4 Å². The molecule has 0 aliphatic carbocycles. The zero-order valence-electron chi connectivity index (χ0n) is 21.6. The average Bonchev–Trinajstić information content (AvgIpc) is 2.96. The third-order valence-corrected chi connectivity index (χ3v) is 7.41. The summed E-state index contributed by atoms with van der Waals surface area (Å²) in [5.41, 5.74) is 1.80. The molecule has 1 heterocycles. The van der Waals surface area contributed by atoms with E-state index in [0.717, 1.165) is 16.0 Å². The summed E-state index contributed by atoms with van der Waals surface area (Å²) < 4.78 is 11.7. The number of benzene rings is 4. The van der Waals surface area contributed by atoms with Crippen LogP contribution in [0.2, 0.25) is 20.1 Å². The van der Waals surface area contributed by atoms with Crippen LogP contribution in [0, 0.1) is 0 Å². The average molecular weight is 642 g/mol. The van der Waals surface area contributed by atoms with Gasteiger partial charge in [0.05, 0.1) is 5.69 Å². The Labute approximate surface area is 261 Å². The maximum atomic E-state index is 13.5. The number of halogens is 4. The lowest BCUT2D eigenvalue weighted by Crippen LogP contribution is -2.54. The Morgan fingerprint density at radius 1 is 0.714 bits per heavy atom. The number of ether oxygens (including phenoxy) is 2. The highest BCUT2D eigenvalue weighted by Crippen LogP contribution is 2.30. The van der Waals surface area contributed by atoms with Gasteiger partial charge in [-0.05, 0) is 66.7 Å². The molecule has 0 bridgehead atoms. The lowest BCUT2D eigenvalue weighted by Gasteiger charge is -2.26. The molecule has 1 saturated heterocycles. The number of hydrogen-bond acceptors (Lipinski definition) is 5. The minimum atomic E-state index is -0.884. The summed E-state index contributed by atoms with van der Waals surface area (Å²) in [7, 11) is 0. The number of hydrogen-bond donors (Lipinski definition) is 1. The molecule has 0 saturated carbocycles. The lowest BCUT2D eigenvalue weighted by atomic mass is 10.1. The number of urea groups is 1. The number of carbonyl (C=O) groups is 3. The van der Waals surface area contributed by atoms with Gasteiger partial charge in [0, 0.05) is 36.8 Å². The van der Waals surface area contributed by atoms with Gasteiger partial charge in [0.15, 0.2) is 0 Å². The molecular weight excluding hydrogens is 622 g/mol. The van der Waals surface area contributed by atoms with Crippen LogP contribution >= 0.6 is 46.4 Å². The number of rotatable bonds is 8. The molecule has 212 valence electrons. The molecule has 7 nitrogen and oxygen atoms in total. The highest BCUT2D eigenvalue weighted by atomic mass is 35.5. The SMILES string of the molecule is O=C1NC(=O)N(c2ccc(OCc3ccc(Cl)cc3Cl)cc2)C(=O)/C1=C/c1cc(Cl)ccc1OCc1ccccc1Cl. The second-order valence-corrected chi connectivity index (χ2v) is 10.7. The minimum absolute atomic E-state index is 0.140. The van der Waals surface area contributed by atoms with Gasteiger partial charge in [-0.2, -0.15) is 0 Å². The van der Waals surface area contributed by atoms with E-state index < -0.39 is 17.8 Å². The van der Waals surface area contributed by atoms with E-state index in [0.29, 0.717) is 37.2 Å². The number of barbiturate groups is 1. The van der Waals surface area contributed by atoms with Crippen molar-refractivity contribution >= 4 is 76.0 Å². The largest absolute Gasteiger partial charge is 0.489 e. The van der Waals surface area contributed by atoms with Crippen molar-refractivity contribution in [2.45, 2.75) is 13.2 Å². The van der Waals surface area contributed by atoms with E-state index in [2.05, 4.69) is 5.32 Å². The van der Waals surface area contributed by atoms with Gasteiger partial charge < -0.3 is 9.47 Å². The quantitative estimate of drug-likeness (QED) is 0.155. The first-order chi connectivity index (χ1) is 20.2.